The summed E-state index contributed by atoms with van der Waals surface area (Å²) in [6.07, 6.45) is 6.81. The zero-order valence-electron chi connectivity index (χ0n) is 11.6. The molecular weight excluding hydrogens is 248 g/mol. The van der Waals surface area contributed by atoms with Crippen molar-refractivity contribution in [3.63, 3.8) is 0 Å². The van der Waals surface area contributed by atoms with Crippen LogP contribution in [0.2, 0.25) is 0 Å². The van der Waals surface area contributed by atoms with Gasteiger partial charge in [0.15, 0.2) is 0 Å². The molecule has 2 aliphatic carbocycles. The van der Waals surface area contributed by atoms with Crippen LogP contribution in [-0.4, -0.2) is 11.2 Å². The van der Waals surface area contributed by atoms with Crippen LogP contribution in [-0.2, 0) is 19.4 Å². The molecule has 0 aliphatic heterocycles. The Morgan fingerprint density at radius 3 is 2.35 bits per heavy atom. The maximum absolute atomic E-state index is 4.91. The van der Waals surface area contributed by atoms with Gasteiger partial charge in [-0.1, -0.05) is 29.4 Å². The Balaban J connectivity index is 1.52. The van der Waals surface area contributed by atoms with Crippen LogP contribution in [0.3, 0.4) is 0 Å². The summed E-state index contributed by atoms with van der Waals surface area (Å²) in [7, 11) is 0. The zero-order valence-corrected chi connectivity index (χ0v) is 11.6. The second-order valence-electron chi connectivity index (χ2n) is 6.17. The maximum atomic E-state index is 4.91. The molecule has 0 amide bonds. The number of rotatable bonds is 3. The standard InChI is InChI=1S/C17H20N2O/c1-2-4-13-10-15-6-5-14(9-12(13)3-1)17(15)18-11-16-7-8-20-19-16/h1-4,7-8,14-15,17-18H,5-6,9-11H2. The van der Waals surface area contributed by atoms with Crippen molar-refractivity contribution in [2.75, 3.05) is 0 Å². The molecule has 2 atom stereocenters. The monoisotopic (exact) mass is 268 g/mol. The first-order valence-corrected chi connectivity index (χ1v) is 7.59. The highest BCUT2D eigenvalue weighted by atomic mass is 16.5. The largest absolute Gasteiger partial charge is 0.364 e. The summed E-state index contributed by atoms with van der Waals surface area (Å²) in [4.78, 5) is 0. The lowest BCUT2D eigenvalue weighted by molar-refractivity contribution is 0.333. The molecule has 1 aromatic carbocycles. The quantitative estimate of drug-likeness (QED) is 0.930. The van der Waals surface area contributed by atoms with Gasteiger partial charge in [-0.05, 0) is 48.6 Å². The Bertz CT molecular complexity index is 545. The van der Waals surface area contributed by atoms with Gasteiger partial charge in [0.25, 0.3) is 0 Å². The molecule has 1 saturated carbocycles. The summed E-state index contributed by atoms with van der Waals surface area (Å²) in [6, 6.07) is 11.5. The summed E-state index contributed by atoms with van der Waals surface area (Å²) in [5, 5.41) is 7.73. The van der Waals surface area contributed by atoms with Crippen LogP contribution in [0.5, 0.6) is 0 Å². The molecule has 0 saturated heterocycles. The van der Waals surface area contributed by atoms with E-state index in [4.69, 9.17) is 4.52 Å². The van der Waals surface area contributed by atoms with Crippen LogP contribution in [0.1, 0.15) is 29.7 Å². The molecule has 4 rings (SSSR count). The van der Waals surface area contributed by atoms with Gasteiger partial charge in [0.1, 0.15) is 6.26 Å². The third kappa shape index (κ3) is 2.16. The maximum Gasteiger partial charge on any atom is 0.124 e. The molecule has 1 heterocycles. The summed E-state index contributed by atoms with van der Waals surface area (Å²) in [5.74, 6) is 1.55. The molecule has 0 radical (unpaired) electrons. The Kier molecular flexibility index (Phi) is 3.07. The Morgan fingerprint density at radius 1 is 1.05 bits per heavy atom. The zero-order chi connectivity index (χ0) is 13.4. The van der Waals surface area contributed by atoms with E-state index in [1.165, 1.54) is 25.7 Å². The van der Waals surface area contributed by atoms with Crippen molar-refractivity contribution in [1.29, 1.82) is 0 Å². The van der Waals surface area contributed by atoms with E-state index in [0.29, 0.717) is 6.04 Å². The van der Waals surface area contributed by atoms with Crippen molar-refractivity contribution in [1.82, 2.24) is 10.5 Å². The van der Waals surface area contributed by atoms with E-state index in [-0.39, 0.29) is 0 Å². The molecule has 2 unspecified atom stereocenters. The lowest BCUT2D eigenvalue weighted by Crippen LogP contribution is -2.37. The van der Waals surface area contributed by atoms with Gasteiger partial charge in [-0.15, -0.1) is 0 Å². The van der Waals surface area contributed by atoms with Gasteiger partial charge in [-0.25, -0.2) is 0 Å². The minimum absolute atomic E-state index is 0.624. The summed E-state index contributed by atoms with van der Waals surface area (Å²) >= 11 is 0. The van der Waals surface area contributed by atoms with Gasteiger partial charge in [0, 0.05) is 18.7 Å². The minimum Gasteiger partial charge on any atom is -0.364 e. The first kappa shape index (κ1) is 12.2. The van der Waals surface area contributed by atoms with Gasteiger partial charge in [-0.3, -0.25) is 0 Å². The molecule has 20 heavy (non-hydrogen) atoms. The lowest BCUT2D eigenvalue weighted by Gasteiger charge is -2.23. The Labute approximate surface area is 119 Å². The Morgan fingerprint density at radius 2 is 1.75 bits per heavy atom. The van der Waals surface area contributed by atoms with Crippen LogP contribution in [0.15, 0.2) is 41.1 Å². The van der Waals surface area contributed by atoms with E-state index >= 15 is 0 Å². The highest BCUT2D eigenvalue weighted by Crippen LogP contribution is 2.40. The Hall–Kier alpha value is -1.61. The highest BCUT2D eigenvalue weighted by molar-refractivity contribution is 5.30. The number of nitrogens with one attached hydrogen (secondary N) is 1. The SMILES string of the molecule is c1ccc2c(c1)CC1CCC(C2)C1NCc1ccon1. The summed E-state index contributed by atoms with van der Waals surface area (Å²) in [5.41, 5.74) is 4.13. The van der Waals surface area contributed by atoms with Crippen LogP contribution < -0.4 is 5.32 Å². The molecule has 1 aromatic heterocycles. The lowest BCUT2D eigenvalue weighted by atomic mass is 9.94. The first-order valence-electron chi connectivity index (χ1n) is 7.59. The van der Waals surface area contributed by atoms with E-state index in [9.17, 15) is 0 Å². The third-order valence-corrected chi connectivity index (χ3v) is 5.02. The number of hydrogen-bond acceptors (Lipinski definition) is 3. The van der Waals surface area contributed by atoms with Crippen molar-refractivity contribution in [2.45, 2.75) is 38.3 Å². The van der Waals surface area contributed by atoms with Gasteiger partial charge in [0.2, 0.25) is 0 Å². The molecule has 3 nitrogen and oxygen atoms in total. The number of benzene rings is 1. The van der Waals surface area contributed by atoms with Crippen LogP contribution in [0.4, 0.5) is 0 Å². The highest BCUT2D eigenvalue weighted by Gasteiger charge is 2.38. The van der Waals surface area contributed by atoms with Crippen LogP contribution in [0.25, 0.3) is 0 Å². The molecule has 1 fully saturated rings. The average Bonchev–Trinajstić information content (AvgIpc) is 3.04. The van der Waals surface area contributed by atoms with E-state index in [2.05, 4.69) is 34.7 Å². The van der Waals surface area contributed by atoms with Crippen molar-refractivity contribution >= 4 is 0 Å². The number of hydrogen-bond donors (Lipinski definition) is 1. The van der Waals surface area contributed by atoms with Crippen LogP contribution in [0, 0.1) is 11.8 Å². The summed E-state index contributed by atoms with van der Waals surface area (Å²) < 4.78 is 4.91. The minimum atomic E-state index is 0.624. The normalized spacial score (nSPS) is 28.1. The topological polar surface area (TPSA) is 38.1 Å². The van der Waals surface area contributed by atoms with Gasteiger partial charge in [0.05, 0.1) is 5.69 Å². The molecule has 3 heteroatoms. The first-order chi connectivity index (χ1) is 9.90. The molecular formula is C17H20N2O. The molecule has 2 aromatic rings. The van der Waals surface area contributed by atoms with E-state index in [1.54, 1.807) is 17.4 Å². The fraction of sp³-hybridized carbons (Fsp3) is 0.471. The van der Waals surface area contributed by atoms with Crippen molar-refractivity contribution in [3.05, 3.63) is 53.4 Å². The van der Waals surface area contributed by atoms with E-state index in [0.717, 1.165) is 24.1 Å². The van der Waals surface area contributed by atoms with Gasteiger partial charge in [-0.2, -0.15) is 0 Å². The molecule has 2 bridgehead atoms. The van der Waals surface area contributed by atoms with E-state index in [1.807, 2.05) is 6.07 Å². The van der Waals surface area contributed by atoms with Crippen LogP contribution >= 0.6 is 0 Å². The molecule has 2 aliphatic rings. The average molecular weight is 268 g/mol. The second-order valence-corrected chi connectivity index (χ2v) is 6.17. The molecule has 104 valence electrons. The van der Waals surface area contributed by atoms with Crippen molar-refractivity contribution in [3.8, 4) is 0 Å². The number of fused-ring (bicyclic) bond motifs is 3. The van der Waals surface area contributed by atoms with Gasteiger partial charge < -0.3 is 9.84 Å². The second kappa shape index (κ2) is 5.06. The molecule has 1 N–H and O–H groups in total. The molecule has 0 spiro atoms. The fourth-order valence-electron chi connectivity index (χ4n) is 4.04. The number of nitrogens with zero attached hydrogens (tertiary/aromatic N) is 1. The third-order valence-electron chi connectivity index (χ3n) is 5.02. The number of aromatic nitrogens is 1. The smallest absolute Gasteiger partial charge is 0.124 e. The van der Waals surface area contributed by atoms with Crippen molar-refractivity contribution in [2.24, 2.45) is 11.8 Å². The van der Waals surface area contributed by atoms with Gasteiger partial charge >= 0.3 is 0 Å². The summed E-state index contributed by atoms with van der Waals surface area (Å²) in [6.45, 7) is 0.824. The predicted octanol–water partition coefficient (Wildman–Crippen LogP) is 2.96. The predicted molar refractivity (Wildman–Crippen MR) is 77.2 cm³/mol. The van der Waals surface area contributed by atoms with E-state index < -0.39 is 0 Å². The van der Waals surface area contributed by atoms with Crippen molar-refractivity contribution < 1.29 is 4.52 Å². The fourth-order valence-corrected chi connectivity index (χ4v) is 4.04.